The Labute approximate surface area is 231 Å². The van der Waals surface area contributed by atoms with Gasteiger partial charge in [-0.2, -0.15) is 0 Å². The second-order valence-electron chi connectivity index (χ2n) is 9.16. The molecule has 0 bridgehead atoms. The summed E-state index contributed by atoms with van der Waals surface area (Å²) in [5.41, 5.74) is 0.403. The van der Waals surface area contributed by atoms with Crippen molar-refractivity contribution >= 4 is 23.0 Å². The van der Waals surface area contributed by atoms with Crippen molar-refractivity contribution in [1.82, 2.24) is 0 Å². The van der Waals surface area contributed by atoms with E-state index in [0.717, 1.165) is 12.1 Å². The molecule has 2 heterocycles. The standard InChI is InChI=1S/C29H24O12/c30-16-6-1-14(2-7-16)3-10-23(34)40-29-27(37)25(35)26(36)28(41-29)38-18-11-19(32)24-20(33)13-21(39-22(24)12-18)15-4-8-17(31)9-5-15/h1-13,25-32,35-37H/b10-3+/t25-,26-,27+,28-,29+/m0/s1. The van der Waals surface area contributed by atoms with Crippen LogP contribution in [-0.4, -0.2) is 67.5 Å². The smallest absolute Gasteiger partial charge is 0.333 e. The molecule has 0 radical (unpaired) electrons. The maximum absolute atomic E-state index is 12.7. The first-order valence-corrected chi connectivity index (χ1v) is 12.2. The highest BCUT2D eigenvalue weighted by atomic mass is 16.8. The Kier molecular flexibility index (Phi) is 7.64. The maximum Gasteiger partial charge on any atom is 0.333 e. The van der Waals surface area contributed by atoms with Crippen LogP contribution < -0.4 is 10.2 Å². The van der Waals surface area contributed by atoms with Crippen LogP contribution in [0.1, 0.15) is 5.56 Å². The number of aromatic hydroxyl groups is 3. The Morgan fingerprint density at radius 1 is 0.805 bits per heavy atom. The van der Waals surface area contributed by atoms with Gasteiger partial charge in [0.05, 0.1) is 0 Å². The molecular formula is C29H24O12. The zero-order valence-corrected chi connectivity index (χ0v) is 21.0. The summed E-state index contributed by atoms with van der Waals surface area (Å²) < 4.78 is 21.9. The maximum atomic E-state index is 12.7. The average Bonchev–Trinajstić information content (AvgIpc) is 2.94. The molecule has 41 heavy (non-hydrogen) atoms. The molecule has 0 saturated carbocycles. The quantitative estimate of drug-likeness (QED) is 0.147. The van der Waals surface area contributed by atoms with Gasteiger partial charge in [0.25, 0.3) is 0 Å². The third-order valence-electron chi connectivity index (χ3n) is 6.25. The van der Waals surface area contributed by atoms with Crippen LogP contribution in [0.5, 0.6) is 23.0 Å². The molecule has 1 fully saturated rings. The van der Waals surface area contributed by atoms with Gasteiger partial charge in [0.2, 0.25) is 12.6 Å². The number of phenols is 3. The van der Waals surface area contributed by atoms with Gasteiger partial charge >= 0.3 is 5.97 Å². The molecular weight excluding hydrogens is 540 g/mol. The second-order valence-corrected chi connectivity index (χ2v) is 9.16. The van der Waals surface area contributed by atoms with E-state index >= 15 is 0 Å². The molecule has 6 N–H and O–H groups in total. The van der Waals surface area contributed by atoms with E-state index in [1.165, 1.54) is 54.6 Å². The largest absolute Gasteiger partial charge is 0.508 e. The number of hydrogen-bond donors (Lipinski definition) is 6. The summed E-state index contributed by atoms with van der Waals surface area (Å²) in [4.78, 5) is 25.0. The highest BCUT2D eigenvalue weighted by molar-refractivity contribution is 5.87. The number of benzene rings is 3. The summed E-state index contributed by atoms with van der Waals surface area (Å²) in [5.74, 6) is -1.40. The predicted molar refractivity (Wildman–Crippen MR) is 142 cm³/mol. The van der Waals surface area contributed by atoms with Crippen molar-refractivity contribution in [2.75, 3.05) is 0 Å². The zero-order valence-electron chi connectivity index (χ0n) is 21.0. The summed E-state index contributed by atoms with van der Waals surface area (Å²) in [6, 6.07) is 15.3. The summed E-state index contributed by atoms with van der Waals surface area (Å²) in [5, 5.41) is 60.3. The van der Waals surface area contributed by atoms with E-state index in [4.69, 9.17) is 18.6 Å². The fourth-order valence-electron chi connectivity index (χ4n) is 4.13. The first-order chi connectivity index (χ1) is 19.6. The molecule has 12 heteroatoms. The van der Waals surface area contributed by atoms with Crippen LogP contribution in [0.25, 0.3) is 28.4 Å². The Hall–Kier alpha value is -4.88. The minimum absolute atomic E-state index is 0.0147. The lowest BCUT2D eigenvalue weighted by Crippen LogP contribution is -2.60. The van der Waals surface area contributed by atoms with Gasteiger partial charge in [0.15, 0.2) is 5.43 Å². The minimum atomic E-state index is -1.85. The SMILES string of the molecule is O=C(/C=C/c1ccc(O)cc1)O[C@@H]1O[C@H](Oc2cc(O)c3c(=O)cc(-c4ccc(O)cc4)oc3c2)[C@@H](O)[C@H](O)[C@H]1O. The summed E-state index contributed by atoms with van der Waals surface area (Å²) in [6.07, 6.45) is -6.49. The molecule has 1 saturated heterocycles. The average molecular weight is 564 g/mol. The highest BCUT2D eigenvalue weighted by Gasteiger charge is 2.47. The number of carbonyl (C=O) groups is 1. The number of aliphatic hydroxyl groups is 3. The first-order valence-electron chi connectivity index (χ1n) is 12.2. The molecule has 0 amide bonds. The molecule has 0 aliphatic carbocycles. The predicted octanol–water partition coefficient (Wildman–Crippen LogP) is 1.98. The van der Waals surface area contributed by atoms with E-state index in [0.29, 0.717) is 11.1 Å². The van der Waals surface area contributed by atoms with Crippen molar-refractivity contribution in [2.24, 2.45) is 0 Å². The van der Waals surface area contributed by atoms with Crippen molar-refractivity contribution in [3.05, 3.63) is 88.6 Å². The van der Waals surface area contributed by atoms with E-state index in [1.807, 2.05) is 0 Å². The van der Waals surface area contributed by atoms with Gasteiger partial charge in [-0.15, -0.1) is 0 Å². The second kappa shape index (κ2) is 11.3. The van der Waals surface area contributed by atoms with Gasteiger partial charge < -0.3 is 44.5 Å². The number of carbonyl (C=O) groups excluding carboxylic acids is 1. The van der Waals surface area contributed by atoms with Crippen LogP contribution in [0.3, 0.4) is 0 Å². The van der Waals surface area contributed by atoms with E-state index in [9.17, 15) is 40.2 Å². The lowest BCUT2D eigenvalue weighted by Gasteiger charge is -2.39. The van der Waals surface area contributed by atoms with Crippen molar-refractivity contribution in [3.63, 3.8) is 0 Å². The van der Waals surface area contributed by atoms with Crippen LogP contribution in [0.2, 0.25) is 0 Å². The van der Waals surface area contributed by atoms with Gasteiger partial charge in [-0.3, -0.25) is 9.53 Å². The number of fused-ring (bicyclic) bond motifs is 1. The molecule has 1 aliphatic rings. The van der Waals surface area contributed by atoms with Crippen LogP contribution >= 0.6 is 0 Å². The number of aliphatic hydroxyl groups excluding tert-OH is 3. The highest BCUT2D eigenvalue weighted by Crippen LogP contribution is 2.33. The normalized spacial score (nSPS) is 22.6. The molecule has 4 aromatic rings. The van der Waals surface area contributed by atoms with Gasteiger partial charge in [0.1, 0.15) is 58.0 Å². The lowest BCUT2D eigenvalue weighted by atomic mass is 10.0. The third-order valence-corrected chi connectivity index (χ3v) is 6.25. The summed E-state index contributed by atoms with van der Waals surface area (Å²) in [6.45, 7) is 0. The molecule has 0 spiro atoms. The third kappa shape index (κ3) is 6.00. The van der Waals surface area contributed by atoms with Gasteiger partial charge in [-0.05, 0) is 48.0 Å². The Balaban J connectivity index is 1.36. The number of ether oxygens (including phenoxy) is 3. The lowest BCUT2D eigenvalue weighted by molar-refractivity contribution is -0.323. The molecule has 5 rings (SSSR count). The Bertz CT molecular complexity index is 1640. The topological polar surface area (TPSA) is 196 Å². The molecule has 5 atom stereocenters. The van der Waals surface area contributed by atoms with Crippen molar-refractivity contribution < 1.29 is 54.1 Å². The zero-order chi connectivity index (χ0) is 29.3. The molecule has 1 aliphatic heterocycles. The van der Waals surface area contributed by atoms with Gasteiger partial charge in [-0.1, -0.05) is 12.1 Å². The first kappa shape index (κ1) is 27.7. The Morgan fingerprint density at radius 3 is 2.12 bits per heavy atom. The monoisotopic (exact) mass is 564 g/mol. The van der Waals surface area contributed by atoms with Crippen LogP contribution in [0.4, 0.5) is 0 Å². The number of rotatable bonds is 6. The van der Waals surface area contributed by atoms with Gasteiger partial charge in [-0.25, -0.2) is 4.79 Å². The molecule has 1 aromatic heterocycles. The van der Waals surface area contributed by atoms with Crippen LogP contribution in [0, 0.1) is 0 Å². The summed E-state index contributed by atoms with van der Waals surface area (Å²) in [7, 11) is 0. The van der Waals surface area contributed by atoms with Gasteiger partial charge in [0, 0.05) is 29.8 Å². The van der Waals surface area contributed by atoms with E-state index in [1.54, 1.807) is 12.1 Å². The molecule has 3 aromatic carbocycles. The molecule has 0 unspecified atom stereocenters. The molecule has 12 nitrogen and oxygen atoms in total. The fourth-order valence-corrected chi connectivity index (χ4v) is 4.13. The molecule has 212 valence electrons. The van der Waals surface area contributed by atoms with Crippen molar-refractivity contribution in [2.45, 2.75) is 30.9 Å². The van der Waals surface area contributed by atoms with E-state index < -0.39 is 48.0 Å². The Morgan fingerprint density at radius 2 is 1.44 bits per heavy atom. The van der Waals surface area contributed by atoms with E-state index in [-0.39, 0.29) is 34.0 Å². The van der Waals surface area contributed by atoms with Crippen LogP contribution in [-0.2, 0) is 14.3 Å². The van der Waals surface area contributed by atoms with E-state index in [2.05, 4.69) is 0 Å². The number of hydrogen-bond acceptors (Lipinski definition) is 12. The van der Waals surface area contributed by atoms with Crippen molar-refractivity contribution in [3.8, 4) is 34.3 Å². The minimum Gasteiger partial charge on any atom is -0.508 e. The number of esters is 1. The van der Waals surface area contributed by atoms with Crippen LogP contribution in [0.15, 0.2) is 82.0 Å². The van der Waals surface area contributed by atoms with Crippen molar-refractivity contribution in [1.29, 1.82) is 0 Å². The fraction of sp³-hybridized carbons (Fsp3) is 0.172. The number of phenolic OH excluding ortho intramolecular Hbond substituents is 3. The summed E-state index contributed by atoms with van der Waals surface area (Å²) >= 11 is 0.